The van der Waals surface area contributed by atoms with Gasteiger partial charge in [-0.1, -0.05) is 25.2 Å². The lowest BCUT2D eigenvalue weighted by Gasteiger charge is -2.08. The smallest absolute Gasteiger partial charge is 0.0714 e. The van der Waals surface area contributed by atoms with Crippen LogP contribution in [0.15, 0.2) is 34.1 Å². The molecule has 0 atom stereocenters. The third-order valence-corrected chi connectivity index (χ3v) is 8.62. The lowest BCUT2D eigenvalue weighted by molar-refractivity contribution is 1.27. The topological polar surface area (TPSA) is 0 Å². The highest BCUT2D eigenvalue weighted by Gasteiger charge is 2.25. The molecule has 1 aliphatic heterocycles. The third-order valence-electron chi connectivity index (χ3n) is 1.79. The van der Waals surface area contributed by atoms with Crippen LogP contribution in [0.3, 0.4) is 0 Å². The Balaban J connectivity index is 2.22. The lowest BCUT2D eigenvalue weighted by Crippen LogP contribution is -2.13. The van der Waals surface area contributed by atoms with E-state index in [2.05, 4.69) is 60.9 Å². The van der Waals surface area contributed by atoms with Crippen molar-refractivity contribution in [3.05, 3.63) is 24.3 Å². The highest BCUT2D eigenvalue weighted by atomic mass is 32.2. The molecular weight excluding hydrogens is 200 g/mol. The first-order valence-electron chi connectivity index (χ1n) is 4.00. The molecule has 0 spiro atoms. The maximum atomic E-state index is 2.39. The monoisotopic (exact) mass is 211 g/mol. The normalized spacial score (nSPS) is 16.9. The molecule has 1 aromatic rings. The molecule has 1 heterocycles. The Bertz CT molecular complexity index is 261. The predicted octanol–water partition coefficient (Wildman–Crippen LogP) is 3.50. The van der Waals surface area contributed by atoms with Gasteiger partial charge in [0.1, 0.15) is 0 Å². The van der Waals surface area contributed by atoms with Crippen molar-refractivity contribution < 1.29 is 0 Å². The maximum absolute atomic E-state index is 2.39. The quantitative estimate of drug-likeness (QED) is 0.652. The Hall–Kier alpha value is 0.137. The van der Waals surface area contributed by atoms with Gasteiger partial charge >= 0.3 is 0 Å². The van der Waals surface area contributed by atoms with E-state index in [0.717, 1.165) is 4.21 Å². The van der Waals surface area contributed by atoms with Crippen molar-refractivity contribution in [3.63, 3.8) is 0 Å². The van der Waals surface area contributed by atoms with Crippen LogP contribution in [0.2, 0.25) is 13.1 Å². The molecule has 0 nitrogen and oxygen atoms in total. The molecule has 0 amide bonds. The van der Waals surface area contributed by atoms with Gasteiger partial charge in [-0.3, -0.25) is 0 Å². The average molecular weight is 211 g/mol. The minimum atomic E-state index is -0.153. The first-order valence-corrected chi connectivity index (χ1v) is 8.33. The van der Waals surface area contributed by atoms with Crippen LogP contribution in [-0.2, 0) is 0 Å². The predicted molar refractivity (Wildman–Crippen MR) is 59.4 cm³/mol. The fourth-order valence-corrected chi connectivity index (χ4v) is 6.03. The Labute approximate surface area is 83.7 Å². The number of hydrogen-bond acceptors (Lipinski definition) is 2. The summed E-state index contributed by atoms with van der Waals surface area (Å²) in [7, 11) is -0.153. The van der Waals surface area contributed by atoms with E-state index in [4.69, 9.17) is 0 Å². The molecular formula is C9H11S2Si. The Morgan fingerprint density at radius 1 is 1.08 bits per heavy atom. The van der Waals surface area contributed by atoms with Crippen molar-refractivity contribution in [2.24, 2.45) is 0 Å². The third kappa shape index (κ3) is 1.58. The summed E-state index contributed by atoms with van der Waals surface area (Å²) in [6, 6.07) is 8.73. The SMILES string of the molecule is C[Si](C)C1Sc2ccccc2S1. The zero-order chi connectivity index (χ0) is 8.55. The van der Waals surface area contributed by atoms with E-state index < -0.39 is 0 Å². The summed E-state index contributed by atoms with van der Waals surface area (Å²) in [5.74, 6) is 0. The summed E-state index contributed by atoms with van der Waals surface area (Å²) in [5, 5.41) is 0. The zero-order valence-corrected chi connectivity index (χ0v) is 9.84. The molecule has 0 N–H and O–H groups in total. The largest absolute Gasteiger partial charge is 0.114 e. The van der Waals surface area contributed by atoms with Crippen molar-refractivity contribution in [2.75, 3.05) is 0 Å². The molecule has 0 unspecified atom stereocenters. The van der Waals surface area contributed by atoms with Gasteiger partial charge in [-0.05, 0) is 12.1 Å². The average Bonchev–Trinajstić information content (AvgIpc) is 2.46. The molecule has 12 heavy (non-hydrogen) atoms. The summed E-state index contributed by atoms with van der Waals surface area (Å²) in [6.45, 7) is 4.78. The summed E-state index contributed by atoms with van der Waals surface area (Å²) in [4.78, 5) is 2.97. The second kappa shape index (κ2) is 3.48. The summed E-state index contributed by atoms with van der Waals surface area (Å²) < 4.78 is 0.826. The number of hydrogen-bond donors (Lipinski definition) is 0. The Morgan fingerprint density at radius 3 is 2.00 bits per heavy atom. The van der Waals surface area contributed by atoms with Gasteiger partial charge in [0.2, 0.25) is 0 Å². The van der Waals surface area contributed by atoms with Crippen molar-refractivity contribution in [3.8, 4) is 0 Å². The minimum Gasteiger partial charge on any atom is -0.114 e. The number of rotatable bonds is 1. The van der Waals surface area contributed by atoms with Gasteiger partial charge in [-0.25, -0.2) is 0 Å². The van der Waals surface area contributed by atoms with Crippen molar-refractivity contribution in [2.45, 2.75) is 27.1 Å². The molecule has 3 heteroatoms. The highest BCUT2D eigenvalue weighted by molar-refractivity contribution is 8.21. The van der Waals surface area contributed by atoms with Crippen molar-refractivity contribution >= 4 is 32.3 Å². The van der Waals surface area contributed by atoms with Crippen LogP contribution in [0.5, 0.6) is 0 Å². The number of thioether (sulfide) groups is 2. The number of fused-ring (bicyclic) bond motifs is 1. The van der Waals surface area contributed by atoms with E-state index in [1.54, 1.807) is 0 Å². The molecule has 0 bridgehead atoms. The van der Waals surface area contributed by atoms with Gasteiger partial charge in [-0.2, -0.15) is 0 Å². The van der Waals surface area contributed by atoms with Gasteiger partial charge < -0.3 is 0 Å². The van der Waals surface area contributed by atoms with E-state index in [9.17, 15) is 0 Å². The minimum absolute atomic E-state index is 0.153. The number of benzene rings is 1. The fourth-order valence-electron chi connectivity index (χ4n) is 1.14. The second-order valence-corrected chi connectivity index (χ2v) is 9.25. The summed E-state index contributed by atoms with van der Waals surface area (Å²) in [5.41, 5.74) is 0. The van der Waals surface area contributed by atoms with Crippen LogP contribution in [0.25, 0.3) is 0 Å². The van der Waals surface area contributed by atoms with Crippen LogP contribution in [0.1, 0.15) is 0 Å². The van der Waals surface area contributed by atoms with Gasteiger partial charge in [0.05, 0.1) is 8.80 Å². The first kappa shape index (κ1) is 8.72. The first-order chi connectivity index (χ1) is 5.77. The van der Waals surface area contributed by atoms with E-state index in [-0.39, 0.29) is 8.80 Å². The van der Waals surface area contributed by atoms with Gasteiger partial charge in [0, 0.05) is 14.0 Å². The Kier molecular flexibility index (Phi) is 2.53. The van der Waals surface area contributed by atoms with Crippen molar-refractivity contribution in [1.29, 1.82) is 0 Å². The van der Waals surface area contributed by atoms with Crippen LogP contribution in [-0.4, -0.2) is 13.0 Å². The van der Waals surface area contributed by atoms with Gasteiger partial charge in [0.15, 0.2) is 0 Å². The van der Waals surface area contributed by atoms with Crippen LogP contribution in [0, 0.1) is 0 Å². The molecule has 0 saturated heterocycles. The molecule has 1 aromatic carbocycles. The summed E-state index contributed by atoms with van der Waals surface area (Å²) >= 11 is 4.10. The zero-order valence-electron chi connectivity index (χ0n) is 7.20. The standard InChI is InChI=1S/C9H11S2Si/c1-12(2)9-10-7-5-3-4-6-8(7)11-9/h3-6,9H,1-2H3. The van der Waals surface area contributed by atoms with E-state index in [1.165, 1.54) is 9.79 Å². The fraction of sp³-hybridized carbons (Fsp3) is 0.333. The molecule has 0 aromatic heterocycles. The van der Waals surface area contributed by atoms with Gasteiger partial charge in [-0.15, -0.1) is 23.5 Å². The maximum Gasteiger partial charge on any atom is 0.0714 e. The molecule has 0 aliphatic carbocycles. The lowest BCUT2D eigenvalue weighted by atomic mass is 10.4. The molecule has 0 saturated carbocycles. The highest BCUT2D eigenvalue weighted by Crippen LogP contribution is 2.48. The van der Waals surface area contributed by atoms with Crippen LogP contribution in [0.4, 0.5) is 0 Å². The molecule has 63 valence electrons. The van der Waals surface area contributed by atoms with Crippen molar-refractivity contribution in [1.82, 2.24) is 0 Å². The van der Waals surface area contributed by atoms with Gasteiger partial charge in [0.25, 0.3) is 0 Å². The molecule has 0 fully saturated rings. The molecule has 1 radical (unpaired) electrons. The molecule has 2 rings (SSSR count). The van der Waals surface area contributed by atoms with E-state index >= 15 is 0 Å². The molecule has 1 aliphatic rings. The second-order valence-electron chi connectivity index (χ2n) is 3.09. The Morgan fingerprint density at radius 2 is 1.58 bits per heavy atom. The van der Waals surface area contributed by atoms with E-state index in [0.29, 0.717) is 0 Å². The van der Waals surface area contributed by atoms with E-state index in [1.807, 2.05) is 0 Å². The summed E-state index contributed by atoms with van der Waals surface area (Å²) in [6.07, 6.45) is 0. The van der Waals surface area contributed by atoms with Crippen LogP contribution < -0.4 is 0 Å². The van der Waals surface area contributed by atoms with Crippen LogP contribution >= 0.6 is 23.5 Å².